The molecule has 0 atom stereocenters. The molecule has 0 aliphatic carbocycles. The molecular weight excluding hydrogens is 234 g/mol. The van der Waals surface area contributed by atoms with E-state index in [0.29, 0.717) is 0 Å². The van der Waals surface area contributed by atoms with E-state index >= 15 is 0 Å². The van der Waals surface area contributed by atoms with Crippen molar-refractivity contribution in [1.82, 2.24) is 9.66 Å². The highest BCUT2D eigenvalue weighted by molar-refractivity contribution is 5.80. The highest BCUT2D eigenvalue weighted by atomic mass is 15.4. The second kappa shape index (κ2) is 5.31. The summed E-state index contributed by atoms with van der Waals surface area (Å²) in [6.07, 6.45) is 7.42. The molecule has 0 spiro atoms. The van der Waals surface area contributed by atoms with Gasteiger partial charge in [0, 0.05) is 6.21 Å². The number of imidazole rings is 1. The Labute approximate surface area is 111 Å². The molecule has 0 bridgehead atoms. The average Bonchev–Trinajstić information content (AvgIpc) is 2.88. The van der Waals surface area contributed by atoms with Crippen molar-refractivity contribution < 1.29 is 0 Å². The zero-order valence-corrected chi connectivity index (χ0v) is 10.3. The van der Waals surface area contributed by atoms with Crippen molar-refractivity contribution in [3.8, 4) is 0 Å². The normalized spacial score (nSPS) is 11.8. The van der Waals surface area contributed by atoms with Crippen LogP contribution >= 0.6 is 0 Å². The second-order valence-corrected chi connectivity index (χ2v) is 4.11. The Morgan fingerprint density at radius 1 is 0.947 bits per heavy atom. The van der Waals surface area contributed by atoms with Crippen LogP contribution in [0.3, 0.4) is 0 Å². The maximum atomic E-state index is 4.35. The Balaban J connectivity index is 1.78. The van der Waals surface area contributed by atoms with Gasteiger partial charge in [-0.3, -0.25) is 0 Å². The maximum Gasteiger partial charge on any atom is 0.118 e. The van der Waals surface area contributed by atoms with Gasteiger partial charge in [0.25, 0.3) is 0 Å². The van der Waals surface area contributed by atoms with E-state index in [2.05, 4.69) is 22.2 Å². The van der Waals surface area contributed by atoms with Crippen LogP contribution in [0, 0.1) is 0 Å². The quantitative estimate of drug-likeness (QED) is 0.650. The molecule has 0 unspecified atom stereocenters. The molecule has 0 aliphatic rings. The average molecular weight is 247 g/mol. The molecule has 0 N–H and O–H groups in total. The van der Waals surface area contributed by atoms with Gasteiger partial charge in [0.1, 0.15) is 6.33 Å². The number of hydrogen-bond donors (Lipinski definition) is 0. The van der Waals surface area contributed by atoms with E-state index in [0.717, 1.165) is 16.6 Å². The molecule has 0 radical (unpaired) electrons. The lowest BCUT2D eigenvalue weighted by molar-refractivity contribution is 0.915. The number of rotatable bonds is 3. The van der Waals surface area contributed by atoms with E-state index in [-0.39, 0.29) is 0 Å². The van der Waals surface area contributed by atoms with Gasteiger partial charge in [-0.1, -0.05) is 48.5 Å². The van der Waals surface area contributed by atoms with E-state index in [1.54, 1.807) is 17.2 Å². The third-order valence-corrected chi connectivity index (χ3v) is 2.80. The molecular formula is C16H13N3. The summed E-state index contributed by atoms with van der Waals surface area (Å²) in [5, 5.41) is 4.35. The summed E-state index contributed by atoms with van der Waals surface area (Å²) in [6, 6.07) is 18.1. The van der Waals surface area contributed by atoms with Gasteiger partial charge in [0.05, 0.1) is 11.0 Å². The van der Waals surface area contributed by atoms with Gasteiger partial charge < -0.3 is 0 Å². The minimum atomic E-state index is 0.951. The Bertz CT molecular complexity index is 724. The lowest BCUT2D eigenvalue weighted by Crippen LogP contribution is -1.85. The third kappa shape index (κ3) is 2.60. The van der Waals surface area contributed by atoms with Crippen LogP contribution in [0.15, 0.2) is 72.1 Å². The Hall–Kier alpha value is -2.68. The van der Waals surface area contributed by atoms with Gasteiger partial charge >= 0.3 is 0 Å². The second-order valence-electron chi connectivity index (χ2n) is 4.11. The SMILES string of the molecule is C(=C\c1ccccc1)/C=N/n1cnc2ccccc21. The summed E-state index contributed by atoms with van der Waals surface area (Å²) in [5.41, 5.74) is 3.11. The van der Waals surface area contributed by atoms with Gasteiger partial charge in [0.15, 0.2) is 0 Å². The molecule has 19 heavy (non-hydrogen) atoms. The fourth-order valence-corrected chi connectivity index (χ4v) is 1.87. The lowest BCUT2D eigenvalue weighted by Gasteiger charge is -1.93. The molecule has 3 nitrogen and oxygen atoms in total. The van der Waals surface area contributed by atoms with Crippen LogP contribution in [0.4, 0.5) is 0 Å². The van der Waals surface area contributed by atoms with Gasteiger partial charge in [-0.25, -0.2) is 9.66 Å². The number of fused-ring (bicyclic) bond motifs is 1. The minimum absolute atomic E-state index is 0.951. The molecule has 0 saturated heterocycles. The van der Waals surface area contributed by atoms with Gasteiger partial charge in [0.2, 0.25) is 0 Å². The molecule has 0 amide bonds. The zero-order valence-electron chi connectivity index (χ0n) is 10.3. The smallest absolute Gasteiger partial charge is 0.118 e. The van der Waals surface area contributed by atoms with Gasteiger partial charge in [-0.15, -0.1) is 0 Å². The highest BCUT2D eigenvalue weighted by Crippen LogP contribution is 2.10. The van der Waals surface area contributed by atoms with Crippen molar-refractivity contribution in [2.75, 3.05) is 0 Å². The number of allylic oxidation sites excluding steroid dienone is 1. The Morgan fingerprint density at radius 2 is 1.74 bits per heavy atom. The summed E-state index contributed by atoms with van der Waals surface area (Å²) < 4.78 is 1.77. The van der Waals surface area contributed by atoms with Crippen molar-refractivity contribution in [1.29, 1.82) is 0 Å². The van der Waals surface area contributed by atoms with Crippen LogP contribution < -0.4 is 0 Å². The first-order valence-electron chi connectivity index (χ1n) is 6.12. The first-order chi connectivity index (χ1) is 9.43. The van der Waals surface area contributed by atoms with Crippen molar-refractivity contribution >= 4 is 23.3 Å². The number of aromatic nitrogens is 2. The predicted octanol–water partition coefficient (Wildman–Crippen LogP) is 3.58. The van der Waals surface area contributed by atoms with Crippen LogP contribution in [-0.4, -0.2) is 15.9 Å². The molecule has 0 fully saturated rings. The molecule has 3 heteroatoms. The maximum absolute atomic E-state index is 4.35. The molecule has 92 valence electrons. The van der Waals surface area contributed by atoms with Gasteiger partial charge in [-0.2, -0.15) is 5.10 Å². The number of nitrogens with zero attached hydrogens (tertiary/aromatic N) is 3. The first-order valence-corrected chi connectivity index (χ1v) is 6.12. The molecule has 3 rings (SSSR count). The molecule has 3 aromatic rings. The number of para-hydroxylation sites is 2. The van der Waals surface area contributed by atoms with Crippen molar-refractivity contribution in [2.24, 2.45) is 5.10 Å². The summed E-state index contributed by atoms with van der Waals surface area (Å²) in [6.45, 7) is 0. The fraction of sp³-hybridized carbons (Fsp3) is 0. The molecule has 0 saturated carbocycles. The van der Waals surface area contributed by atoms with E-state index in [4.69, 9.17) is 0 Å². The van der Waals surface area contributed by atoms with Crippen molar-refractivity contribution in [3.05, 3.63) is 72.6 Å². The molecule has 1 heterocycles. The molecule has 1 aromatic heterocycles. The fourth-order valence-electron chi connectivity index (χ4n) is 1.87. The first kappa shape index (κ1) is 11.4. The van der Waals surface area contributed by atoms with Crippen LogP contribution in [0.2, 0.25) is 0 Å². The third-order valence-electron chi connectivity index (χ3n) is 2.80. The van der Waals surface area contributed by atoms with Crippen molar-refractivity contribution in [2.45, 2.75) is 0 Å². The summed E-state index contributed by atoms with van der Waals surface area (Å²) in [4.78, 5) is 4.28. The predicted molar refractivity (Wildman–Crippen MR) is 79.1 cm³/mol. The number of hydrogen-bond acceptors (Lipinski definition) is 2. The largest absolute Gasteiger partial charge is 0.235 e. The van der Waals surface area contributed by atoms with E-state index in [1.165, 1.54) is 0 Å². The summed E-state index contributed by atoms with van der Waals surface area (Å²) in [5.74, 6) is 0. The minimum Gasteiger partial charge on any atom is -0.235 e. The standard InChI is InChI=1S/C16H13N3/c1-2-7-14(8-3-1)9-6-12-18-19-13-17-15-10-4-5-11-16(15)19/h1-13H/b9-6+,18-12+. The van der Waals surface area contributed by atoms with Gasteiger partial charge in [-0.05, 0) is 23.8 Å². The summed E-state index contributed by atoms with van der Waals surface area (Å²) in [7, 11) is 0. The Morgan fingerprint density at radius 3 is 2.63 bits per heavy atom. The Kier molecular flexibility index (Phi) is 3.19. The monoisotopic (exact) mass is 247 g/mol. The molecule has 2 aromatic carbocycles. The topological polar surface area (TPSA) is 30.2 Å². The molecule has 0 aliphatic heterocycles. The zero-order chi connectivity index (χ0) is 12.9. The lowest BCUT2D eigenvalue weighted by atomic mass is 10.2. The van der Waals surface area contributed by atoms with Crippen LogP contribution in [0.5, 0.6) is 0 Å². The van der Waals surface area contributed by atoms with E-state index in [9.17, 15) is 0 Å². The van der Waals surface area contributed by atoms with Crippen molar-refractivity contribution in [3.63, 3.8) is 0 Å². The van der Waals surface area contributed by atoms with E-state index < -0.39 is 0 Å². The van der Waals surface area contributed by atoms with Crippen LogP contribution in [0.1, 0.15) is 5.56 Å². The summed E-state index contributed by atoms with van der Waals surface area (Å²) >= 11 is 0. The highest BCUT2D eigenvalue weighted by Gasteiger charge is 1.97. The van der Waals surface area contributed by atoms with Crippen LogP contribution in [0.25, 0.3) is 17.1 Å². The van der Waals surface area contributed by atoms with E-state index in [1.807, 2.05) is 54.6 Å². The van der Waals surface area contributed by atoms with Crippen LogP contribution in [-0.2, 0) is 0 Å². The number of benzene rings is 2.